The lowest BCUT2D eigenvalue weighted by Crippen LogP contribution is -2.21. The zero-order chi connectivity index (χ0) is 21.9. The first-order chi connectivity index (χ1) is 14.2. The number of amides is 1. The van der Waals surface area contributed by atoms with E-state index in [1.54, 1.807) is 16.8 Å². The van der Waals surface area contributed by atoms with E-state index >= 15 is 0 Å². The van der Waals surface area contributed by atoms with Crippen LogP contribution in [-0.2, 0) is 14.9 Å². The van der Waals surface area contributed by atoms with Gasteiger partial charge >= 0.3 is 5.97 Å². The van der Waals surface area contributed by atoms with Crippen LogP contribution in [-0.4, -0.2) is 28.3 Å². The van der Waals surface area contributed by atoms with E-state index in [1.807, 2.05) is 56.3 Å². The second-order valence-electron chi connectivity index (χ2n) is 8.24. The van der Waals surface area contributed by atoms with Crippen molar-refractivity contribution in [2.75, 3.05) is 11.9 Å². The molecule has 0 unspecified atom stereocenters. The number of carbonyl (C=O) groups is 2. The molecule has 0 aliphatic heterocycles. The second-order valence-corrected chi connectivity index (χ2v) is 8.24. The molecule has 30 heavy (non-hydrogen) atoms. The zero-order valence-electron chi connectivity index (χ0n) is 18.0. The van der Waals surface area contributed by atoms with Crippen molar-refractivity contribution in [2.45, 2.75) is 40.0 Å². The van der Waals surface area contributed by atoms with Crippen molar-refractivity contribution in [1.29, 1.82) is 0 Å². The molecule has 0 aliphatic carbocycles. The standard InChI is InChI=1S/C24H27N3O3/c1-16-22(17(2)27(26-16)20-9-7-6-8-10-20)25-21(28)15-30-23(29)18-11-13-19(14-12-18)24(3,4)5/h6-14H,15H2,1-5H3,(H,25,28). The summed E-state index contributed by atoms with van der Waals surface area (Å²) in [5, 5.41) is 7.30. The molecule has 156 valence electrons. The van der Waals surface area contributed by atoms with Crippen LogP contribution in [0.15, 0.2) is 54.6 Å². The first-order valence-corrected chi connectivity index (χ1v) is 9.86. The topological polar surface area (TPSA) is 73.2 Å². The van der Waals surface area contributed by atoms with E-state index in [-0.39, 0.29) is 12.0 Å². The van der Waals surface area contributed by atoms with Gasteiger partial charge in [-0.15, -0.1) is 0 Å². The molecule has 0 bridgehead atoms. The smallest absolute Gasteiger partial charge is 0.338 e. The van der Waals surface area contributed by atoms with Crippen LogP contribution in [0, 0.1) is 13.8 Å². The number of hydrogen-bond donors (Lipinski definition) is 1. The number of ether oxygens (including phenoxy) is 1. The average Bonchev–Trinajstić information content (AvgIpc) is 3.00. The van der Waals surface area contributed by atoms with Crippen LogP contribution in [0.5, 0.6) is 0 Å². The van der Waals surface area contributed by atoms with Crippen LogP contribution in [0.1, 0.15) is 48.1 Å². The van der Waals surface area contributed by atoms with Gasteiger partial charge in [0.1, 0.15) is 0 Å². The number of carbonyl (C=O) groups excluding carboxylic acids is 2. The minimum Gasteiger partial charge on any atom is -0.452 e. The Balaban J connectivity index is 1.62. The van der Waals surface area contributed by atoms with Crippen LogP contribution in [0.25, 0.3) is 5.69 Å². The Labute approximate surface area is 176 Å². The van der Waals surface area contributed by atoms with Crippen molar-refractivity contribution < 1.29 is 14.3 Å². The Morgan fingerprint density at radius 1 is 1.00 bits per heavy atom. The maximum Gasteiger partial charge on any atom is 0.338 e. The molecule has 1 aromatic heterocycles. The van der Waals surface area contributed by atoms with E-state index in [0.29, 0.717) is 16.9 Å². The van der Waals surface area contributed by atoms with Crippen molar-refractivity contribution >= 4 is 17.6 Å². The summed E-state index contributed by atoms with van der Waals surface area (Å²) >= 11 is 0. The summed E-state index contributed by atoms with van der Waals surface area (Å²) in [5.41, 5.74) is 4.56. The minimum absolute atomic E-state index is 0.00221. The van der Waals surface area contributed by atoms with Gasteiger partial charge in [0.2, 0.25) is 0 Å². The van der Waals surface area contributed by atoms with Crippen molar-refractivity contribution in [3.63, 3.8) is 0 Å². The highest BCUT2D eigenvalue weighted by atomic mass is 16.5. The lowest BCUT2D eigenvalue weighted by Gasteiger charge is -2.18. The molecule has 0 atom stereocenters. The molecule has 3 rings (SSSR count). The number of esters is 1. The number of nitrogens with zero attached hydrogens (tertiary/aromatic N) is 2. The number of para-hydroxylation sites is 1. The third-order valence-corrected chi connectivity index (χ3v) is 4.88. The first-order valence-electron chi connectivity index (χ1n) is 9.86. The number of aryl methyl sites for hydroxylation is 1. The molecule has 0 spiro atoms. The largest absolute Gasteiger partial charge is 0.452 e. The molecule has 6 heteroatoms. The molecule has 0 saturated heterocycles. The Kier molecular flexibility index (Phi) is 6.06. The molecule has 6 nitrogen and oxygen atoms in total. The van der Waals surface area contributed by atoms with Crippen molar-refractivity contribution in [3.05, 3.63) is 77.1 Å². The highest BCUT2D eigenvalue weighted by molar-refractivity contribution is 5.96. The van der Waals surface area contributed by atoms with Crippen molar-refractivity contribution in [2.24, 2.45) is 0 Å². The molecule has 2 aromatic carbocycles. The first kappa shape index (κ1) is 21.3. The molecule has 0 fully saturated rings. The zero-order valence-corrected chi connectivity index (χ0v) is 18.0. The fourth-order valence-corrected chi connectivity index (χ4v) is 3.14. The van der Waals surface area contributed by atoms with Gasteiger partial charge in [0.15, 0.2) is 6.61 Å². The lowest BCUT2D eigenvalue weighted by molar-refractivity contribution is -0.119. The summed E-state index contributed by atoms with van der Waals surface area (Å²) in [5.74, 6) is -0.937. The number of benzene rings is 2. The normalized spacial score (nSPS) is 11.2. The molecule has 0 aliphatic rings. The Hall–Kier alpha value is -3.41. The van der Waals surface area contributed by atoms with Gasteiger partial charge in [-0.3, -0.25) is 4.79 Å². The number of hydrogen-bond acceptors (Lipinski definition) is 4. The van der Waals surface area contributed by atoms with Gasteiger partial charge in [-0.05, 0) is 49.1 Å². The number of anilines is 1. The highest BCUT2D eigenvalue weighted by Crippen LogP contribution is 2.23. The fourth-order valence-electron chi connectivity index (χ4n) is 3.14. The van der Waals surface area contributed by atoms with Gasteiger partial charge in [0.05, 0.1) is 28.3 Å². The average molecular weight is 405 g/mol. The number of rotatable bonds is 5. The maximum absolute atomic E-state index is 12.4. The molecule has 1 heterocycles. The molecule has 0 radical (unpaired) electrons. The van der Waals surface area contributed by atoms with Crippen LogP contribution >= 0.6 is 0 Å². The summed E-state index contributed by atoms with van der Waals surface area (Å²) in [6.07, 6.45) is 0. The minimum atomic E-state index is -0.529. The summed E-state index contributed by atoms with van der Waals surface area (Å²) in [6.45, 7) is 9.66. The Morgan fingerprint density at radius 3 is 2.23 bits per heavy atom. The van der Waals surface area contributed by atoms with Gasteiger partial charge in [-0.2, -0.15) is 5.10 Å². The third-order valence-electron chi connectivity index (χ3n) is 4.88. The number of nitrogens with one attached hydrogen (secondary N) is 1. The van der Waals surface area contributed by atoms with E-state index in [4.69, 9.17) is 4.74 Å². The van der Waals surface area contributed by atoms with Crippen LogP contribution in [0.4, 0.5) is 5.69 Å². The number of aromatic nitrogens is 2. The highest BCUT2D eigenvalue weighted by Gasteiger charge is 2.18. The summed E-state index contributed by atoms with van der Waals surface area (Å²) in [6, 6.07) is 16.9. The Morgan fingerprint density at radius 2 is 1.63 bits per heavy atom. The van der Waals surface area contributed by atoms with E-state index in [2.05, 4.69) is 31.2 Å². The predicted molar refractivity (Wildman–Crippen MR) is 117 cm³/mol. The van der Waals surface area contributed by atoms with Gasteiger partial charge in [-0.25, -0.2) is 9.48 Å². The van der Waals surface area contributed by atoms with E-state index in [9.17, 15) is 9.59 Å². The molecular formula is C24H27N3O3. The third kappa shape index (κ3) is 4.76. The van der Waals surface area contributed by atoms with Crippen molar-refractivity contribution in [3.8, 4) is 5.69 Å². The van der Waals surface area contributed by atoms with E-state index in [0.717, 1.165) is 16.9 Å². The summed E-state index contributed by atoms with van der Waals surface area (Å²) < 4.78 is 6.95. The molecule has 1 amide bonds. The Bertz CT molecular complexity index is 1050. The maximum atomic E-state index is 12.4. The van der Waals surface area contributed by atoms with Gasteiger partial charge in [-0.1, -0.05) is 51.1 Å². The SMILES string of the molecule is Cc1nn(-c2ccccc2)c(C)c1NC(=O)COC(=O)c1ccc(C(C)(C)C)cc1. The lowest BCUT2D eigenvalue weighted by atomic mass is 9.87. The van der Waals surface area contributed by atoms with Gasteiger partial charge in [0.25, 0.3) is 5.91 Å². The fraction of sp³-hybridized carbons (Fsp3) is 0.292. The van der Waals surface area contributed by atoms with Gasteiger partial charge in [0, 0.05) is 0 Å². The van der Waals surface area contributed by atoms with Crippen LogP contribution in [0.2, 0.25) is 0 Å². The van der Waals surface area contributed by atoms with Crippen LogP contribution < -0.4 is 5.32 Å². The molecular weight excluding hydrogens is 378 g/mol. The second kappa shape index (κ2) is 8.53. The summed E-state index contributed by atoms with van der Waals surface area (Å²) in [4.78, 5) is 24.6. The summed E-state index contributed by atoms with van der Waals surface area (Å²) in [7, 11) is 0. The molecule has 1 N–H and O–H groups in total. The van der Waals surface area contributed by atoms with Crippen molar-refractivity contribution in [1.82, 2.24) is 9.78 Å². The van der Waals surface area contributed by atoms with E-state index < -0.39 is 11.9 Å². The molecule has 0 saturated carbocycles. The quantitative estimate of drug-likeness (QED) is 0.631. The molecule has 3 aromatic rings. The van der Waals surface area contributed by atoms with Crippen LogP contribution in [0.3, 0.4) is 0 Å². The van der Waals surface area contributed by atoms with E-state index in [1.165, 1.54) is 0 Å². The van der Waals surface area contributed by atoms with Gasteiger partial charge < -0.3 is 10.1 Å². The predicted octanol–water partition coefficient (Wildman–Crippen LogP) is 4.58. The monoisotopic (exact) mass is 405 g/mol.